The van der Waals surface area contributed by atoms with Crippen LogP contribution in [0.4, 0.5) is 22.0 Å². The van der Waals surface area contributed by atoms with E-state index in [1.807, 2.05) is 0 Å². The van der Waals surface area contributed by atoms with Crippen molar-refractivity contribution in [1.82, 2.24) is 24.6 Å². The highest BCUT2D eigenvalue weighted by Gasteiger charge is 2.60. The minimum absolute atomic E-state index is 0.0637. The Hall–Kier alpha value is -3.37. The van der Waals surface area contributed by atoms with E-state index in [9.17, 15) is 22.0 Å². The van der Waals surface area contributed by atoms with Crippen molar-refractivity contribution >= 4 is 22.3 Å². The average Bonchev–Trinajstić information content (AvgIpc) is 3.28. The first-order valence-electron chi connectivity index (χ1n) is 7.80. The number of alkyl halides is 5. The highest BCUT2D eigenvalue weighted by atomic mass is 19.4. The molecule has 0 unspecified atom stereocenters. The summed E-state index contributed by atoms with van der Waals surface area (Å²) in [5, 5.41) is 7.57. The summed E-state index contributed by atoms with van der Waals surface area (Å²) < 4.78 is 73.0. The van der Waals surface area contributed by atoms with Gasteiger partial charge >= 0.3 is 12.1 Å². The van der Waals surface area contributed by atoms with E-state index in [4.69, 9.17) is 4.42 Å². The molecule has 0 amide bonds. The number of nitrogens with zero attached hydrogens (tertiary/aromatic N) is 5. The van der Waals surface area contributed by atoms with Crippen molar-refractivity contribution in [2.45, 2.75) is 19.0 Å². The Bertz CT molecular complexity index is 1210. The molecule has 144 valence electrons. The van der Waals surface area contributed by atoms with Crippen molar-refractivity contribution in [3.63, 3.8) is 0 Å². The molecular formula is C17H10F5N5O. The molecule has 4 rings (SSSR count). The van der Waals surface area contributed by atoms with Gasteiger partial charge in [-0.2, -0.15) is 22.0 Å². The molecule has 0 fully saturated rings. The summed E-state index contributed by atoms with van der Waals surface area (Å²) >= 11 is 0. The third-order valence-corrected chi connectivity index (χ3v) is 4.12. The van der Waals surface area contributed by atoms with Crippen LogP contribution in [0.2, 0.25) is 0 Å². The SMILES string of the molecule is C=C(C)c1cc(C(F)(F)C(F)(F)F)nc2c1ccc1nc(-c3nnco3)cn12. The van der Waals surface area contributed by atoms with Gasteiger partial charge in [0.25, 0.3) is 5.89 Å². The first-order valence-corrected chi connectivity index (χ1v) is 7.80. The lowest BCUT2D eigenvalue weighted by atomic mass is 10.0. The molecule has 4 aromatic rings. The predicted octanol–water partition coefficient (Wildman–Crippen LogP) is 4.62. The molecule has 28 heavy (non-hydrogen) atoms. The summed E-state index contributed by atoms with van der Waals surface area (Å²) in [6.45, 7) is 5.18. The molecule has 0 spiro atoms. The molecule has 0 saturated carbocycles. The summed E-state index contributed by atoms with van der Waals surface area (Å²) in [6.07, 6.45) is -3.34. The first-order chi connectivity index (χ1) is 13.1. The van der Waals surface area contributed by atoms with Gasteiger partial charge in [-0.1, -0.05) is 12.2 Å². The van der Waals surface area contributed by atoms with E-state index >= 15 is 0 Å². The highest BCUT2D eigenvalue weighted by Crippen LogP contribution is 2.44. The van der Waals surface area contributed by atoms with E-state index in [0.717, 1.165) is 6.39 Å². The summed E-state index contributed by atoms with van der Waals surface area (Å²) in [4.78, 5) is 7.84. The van der Waals surface area contributed by atoms with Crippen LogP contribution < -0.4 is 0 Å². The van der Waals surface area contributed by atoms with Crippen molar-refractivity contribution in [3.05, 3.63) is 48.6 Å². The summed E-state index contributed by atoms with van der Waals surface area (Å²) in [6, 6.07) is 3.81. The van der Waals surface area contributed by atoms with Gasteiger partial charge in [-0.05, 0) is 30.7 Å². The zero-order chi connectivity index (χ0) is 20.3. The second-order valence-electron chi connectivity index (χ2n) is 6.08. The van der Waals surface area contributed by atoms with Crippen molar-refractivity contribution in [1.29, 1.82) is 0 Å². The Morgan fingerprint density at radius 2 is 1.89 bits per heavy atom. The molecule has 11 heteroatoms. The standard InChI is InChI=1S/C17H10F5N5O/c1-8(2)10-5-12(16(18,19)17(20,21)22)25-14-9(10)3-4-13-24-11(6-27(13)14)15-26-23-7-28-15/h3-7H,1H2,2H3. The molecule has 0 aromatic carbocycles. The number of fused-ring (bicyclic) bond motifs is 3. The Morgan fingerprint density at radius 3 is 2.50 bits per heavy atom. The van der Waals surface area contributed by atoms with Crippen molar-refractivity contribution in [2.24, 2.45) is 0 Å². The van der Waals surface area contributed by atoms with Crippen LogP contribution in [0.3, 0.4) is 0 Å². The molecule has 0 aliphatic heterocycles. The monoisotopic (exact) mass is 395 g/mol. The average molecular weight is 395 g/mol. The van der Waals surface area contributed by atoms with Gasteiger partial charge in [0.2, 0.25) is 6.39 Å². The van der Waals surface area contributed by atoms with Crippen molar-refractivity contribution < 1.29 is 26.4 Å². The fourth-order valence-electron chi connectivity index (χ4n) is 2.78. The number of pyridine rings is 2. The summed E-state index contributed by atoms with van der Waals surface area (Å²) in [5.74, 6) is -5.07. The topological polar surface area (TPSA) is 69.1 Å². The van der Waals surface area contributed by atoms with E-state index in [1.54, 1.807) is 6.07 Å². The lowest BCUT2D eigenvalue weighted by Crippen LogP contribution is -2.34. The maximum Gasteiger partial charge on any atom is 0.459 e. The second kappa shape index (κ2) is 5.81. The maximum absolute atomic E-state index is 14.0. The van der Waals surface area contributed by atoms with Crippen LogP contribution in [-0.4, -0.2) is 30.7 Å². The molecule has 0 radical (unpaired) electrons. The van der Waals surface area contributed by atoms with E-state index in [1.165, 1.54) is 23.6 Å². The highest BCUT2D eigenvalue weighted by molar-refractivity contribution is 5.91. The van der Waals surface area contributed by atoms with Gasteiger partial charge in [0.1, 0.15) is 22.7 Å². The van der Waals surface area contributed by atoms with Crippen LogP contribution in [-0.2, 0) is 5.92 Å². The van der Waals surface area contributed by atoms with Crippen LogP contribution in [0.15, 0.2) is 41.8 Å². The van der Waals surface area contributed by atoms with E-state index in [-0.39, 0.29) is 28.4 Å². The second-order valence-corrected chi connectivity index (χ2v) is 6.08. The minimum atomic E-state index is -5.79. The number of rotatable bonds is 3. The minimum Gasteiger partial charge on any atom is -0.422 e. The molecule has 0 N–H and O–H groups in total. The Balaban J connectivity index is 2.06. The van der Waals surface area contributed by atoms with Crippen LogP contribution in [0.5, 0.6) is 0 Å². The quantitative estimate of drug-likeness (QED) is 0.474. The number of aromatic nitrogens is 5. The van der Waals surface area contributed by atoms with Gasteiger partial charge < -0.3 is 4.42 Å². The van der Waals surface area contributed by atoms with E-state index < -0.39 is 17.8 Å². The van der Waals surface area contributed by atoms with E-state index in [2.05, 4.69) is 26.7 Å². The summed E-state index contributed by atoms with van der Waals surface area (Å²) in [7, 11) is 0. The molecule has 0 aliphatic rings. The molecule has 0 bridgehead atoms. The third-order valence-electron chi connectivity index (χ3n) is 4.12. The summed E-state index contributed by atoms with van der Waals surface area (Å²) in [5.41, 5.74) is -0.645. The lowest BCUT2D eigenvalue weighted by Gasteiger charge is -2.20. The van der Waals surface area contributed by atoms with Gasteiger partial charge in [0, 0.05) is 11.6 Å². The molecule has 4 aromatic heterocycles. The Kier molecular flexibility index (Phi) is 3.74. The zero-order valence-corrected chi connectivity index (χ0v) is 14.1. The van der Waals surface area contributed by atoms with Gasteiger partial charge in [-0.15, -0.1) is 10.2 Å². The molecular weight excluding hydrogens is 385 g/mol. The van der Waals surface area contributed by atoms with E-state index in [0.29, 0.717) is 17.0 Å². The smallest absolute Gasteiger partial charge is 0.422 e. The van der Waals surface area contributed by atoms with Crippen molar-refractivity contribution in [3.8, 4) is 11.6 Å². The van der Waals surface area contributed by atoms with Crippen LogP contribution in [0.1, 0.15) is 18.2 Å². The number of hydrogen-bond donors (Lipinski definition) is 0. The Labute approximate surface area is 153 Å². The van der Waals surface area contributed by atoms with Crippen LogP contribution >= 0.6 is 0 Å². The molecule has 0 atom stereocenters. The van der Waals surface area contributed by atoms with Crippen LogP contribution in [0.25, 0.3) is 33.8 Å². The van der Waals surface area contributed by atoms with Crippen LogP contribution in [0, 0.1) is 0 Å². The van der Waals surface area contributed by atoms with Crippen molar-refractivity contribution in [2.75, 3.05) is 0 Å². The third kappa shape index (κ3) is 2.62. The molecule has 0 saturated heterocycles. The maximum atomic E-state index is 14.0. The normalized spacial score (nSPS) is 12.8. The molecule has 0 aliphatic carbocycles. The first kappa shape index (κ1) is 18.0. The lowest BCUT2D eigenvalue weighted by molar-refractivity contribution is -0.290. The van der Waals surface area contributed by atoms with Gasteiger partial charge in [-0.3, -0.25) is 4.40 Å². The number of halogens is 5. The fraction of sp³-hybridized carbons (Fsp3) is 0.176. The zero-order valence-electron chi connectivity index (χ0n) is 14.1. The van der Waals surface area contributed by atoms with Gasteiger partial charge in [0.05, 0.1) is 0 Å². The predicted molar refractivity (Wildman–Crippen MR) is 88.4 cm³/mol. The molecule has 6 nitrogen and oxygen atoms in total. The Morgan fingerprint density at radius 1 is 1.14 bits per heavy atom. The number of imidazole rings is 1. The van der Waals surface area contributed by atoms with Gasteiger partial charge in [-0.25, -0.2) is 9.97 Å². The fourth-order valence-corrected chi connectivity index (χ4v) is 2.78. The van der Waals surface area contributed by atoms with Gasteiger partial charge in [0.15, 0.2) is 0 Å². The largest absolute Gasteiger partial charge is 0.459 e. The molecule has 4 heterocycles. The number of hydrogen-bond acceptors (Lipinski definition) is 5. The number of allylic oxidation sites excluding steroid dienone is 1.